The molecule has 0 unspecified atom stereocenters. The van der Waals surface area contributed by atoms with Crippen LogP contribution in [0.5, 0.6) is 0 Å². The smallest absolute Gasteiger partial charge is 0.00313 e. The first-order valence-corrected chi connectivity index (χ1v) is 11.4. The van der Waals surface area contributed by atoms with Crippen LogP contribution >= 0.6 is 31.9 Å². The van der Waals surface area contributed by atoms with Crippen molar-refractivity contribution < 1.29 is 0 Å². The molecule has 0 amide bonds. The van der Waals surface area contributed by atoms with Crippen molar-refractivity contribution in [1.29, 1.82) is 0 Å². The molecule has 0 radical (unpaired) electrons. The number of hydrogen-bond donors (Lipinski definition) is 0. The maximum absolute atomic E-state index is 3.49. The van der Waals surface area contributed by atoms with Crippen molar-refractivity contribution in [2.24, 2.45) is 0 Å². The Morgan fingerprint density at radius 3 is 1.10 bits per heavy atom. The van der Waals surface area contributed by atoms with Crippen LogP contribution in [0, 0.1) is 0 Å². The second kappa shape index (κ2) is 19.0. The quantitative estimate of drug-likeness (QED) is 0.183. The van der Waals surface area contributed by atoms with Crippen molar-refractivity contribution >= 4 is 31.9 Å². The zero-order valence-electron chi connectivity index (χ0n) is 14.2. The van der Waals surface area contributed by atoms with Gasteiger partial charge in [-0.2, -0.15) is 0 Å². The van der Waals surface area contributed by atoms with Crippen molar-refractivity contribution in [2.45, 2.75) is 83.5 Å². The summed E-state index contributed by atoms with van der Waals surface area (Å²) in [5.41, 5.74) is 0. The van der Waals surface area contributed by atoms with Gasteiger partial charge in [0, 0.05) is 10.7 Å². The topological polar surface area (TPSA) is 3.24 Å². The Morgan fingerprint density at radius 2 is 0.762 bits per heavy atom. The zero-order valence-corrected chi connectivity index (χ0v) is 17.4. The van der Waals surface area contributed by atoms with Crippen LogP contribution in [0.3, 0.4) is 0 Å². The largest absolute Gasteiger partial charge is 0.306 e. The molecule has 0 saturated heterocycles. The summed E-state index contributed by atoms with van der Waals surface area (Å²) in [5.74, 6) is 0. The molecule has 0 fully saturated rings. The lowest BCUT2D eigenvalue weighted by atomic mass is 10.1. The zero-order chi connectivity index (χ0) is 15.6. The van der Waals surface area contributed by atoms with E-state index in [0.29, 0.717) is 0 Å². The highest BCUT2D eigenvalue weighted by atomic mass is 79.9. The SMILES string of the molecule is CN(CCCCCCCCBr)CCCCCCCCCBr. The van der Waals surface area contributed by atoms with Gasteiger partial charge in [-0.3, -0.25) is 0 Å². The summed E-state index contributed by atoms with van der Waals surface area (Å²) in [4.78, 5) is 2.53. The Bertz CT molecular complexity index is 188. The average Bonchev–Trinajstić information content (AvgIpc) is 2.49. The lowest BCUT2D eigenvalue weighted by Crippen LogP contribution is -2.20. The predicted octanol–water partition coefficient (Wildman–Crippen LogP) is 6.78. The van der Waals surface area contributed by atoms with Gasteiger partial charge in [-0.15, -0.1) is 0 Å². The first-order valence-electron chi connectivity index (χ1n) is 9.11. The molecule has 0 bridgehead atoms. The van der Waals surface area contributed by atoms with Gasteiger partial charge >= 0.3 is 0 Å². The van der Waals surface area contributed by atoms with Gasteiger partial charge < -0.3 is 4.90 Å². The molecule has 1 nitrogen and oxygen atoms in total. The Kier molecular flexibility index (Phi) is 19.8. The van der Waals surface area contributed by atoms with Gasteiger partial charge in [0.1, 0.15) is 0 Å². The molecule has 0 rings (SSSR count). The van der Waals surface area contributed by atoms with E-state index < -0.39 is 0 Å². The predicted molar refractivity (Wildman–Crippen MR) is 105 cm³/mol. The average molecular weight is 427 g/mol. The maximum Gasteiger partial charge on any atom is 0.00313 e. The lowest BCUT2D eigenvalue weighted by molar-refractivity contribution is 0.314. The summed E-state index contributed by atoms with van der Waals surface area (Å²) >= 11 is 6.99. The summed E-state index contributed by atoms with van der Waals surface area (Å²) < 4.78 is 0. The van der Waals surface area contributed by atoms with Crippen LogP contribution in [0.1, 0.15) is 83.5 Å². The fourth-order valence-electron chi connectivity index (χ4n) is 2.66. The van der Waals surface area contributed by atoms with Crippen molar-refractivity contribution in [1.82, 2.24) is 4.90 Å². The molecule has 21 heavy (non-hydrogen) atoms. The van der Waals surface area contributed by atoms with E-state index in [-0.39, 0.29) is 0 Å². The van der Waals surface area contributed by atoms with Crippen molar-refractivity contribution in [3.05, 3.63) is 0 Å². The highest BCUT2D eigenvalue weighted by Gasteiger charge is 1.99. The van der Waals surface area contributed by atoms with Gasteiger partial charge in [0.2, 0.25) is 0 Å². The molecule has 0 aliphatic heterocycles. The van der Waals surface area contributed by atoms with Crippen LogP contribution in [0.15, 0.2) is 0 Å². The Hall–Kier alpha value is 0.920. The molecule has 0 spiro atoms. The van der Waals surface area contributed by atoms with E-state index in [1.807, 2.05) is 0 Å². The number of rotatable bonds is 17. The molecule has 0 saturated carbocycles. The normalized spacial score (nSPS) is 11.4. The van der Waals surface area contributed by atoms with Crippen LogP contribution in [-0.2, 0) is 0 Å². The first kappa shape index (κ1) is 21.9. The van der Waals surface area contributed by atoms with E-state index in [2.05, 4.69) is 43.8 Å². The summed E-state index contributed by atoms with van der Waals surface area (Å²) in [7, 11) is 2.29. The minimum atomic E-state index is 1.17. The second-order valence-electron chi connectivity index (χ2n) is 6.28. The van der Waals surface area contributed by atoms with Crippen LogP contribution in [0.25, 0.3) is 0 Å². The molecule has 128 valence electrons. The highest BCUT2D eigenvalue weighted by Crippen LogP contribution is 2.09. The van der Waals surface area contributed by atoms with Crippen LogP contribution in [-0.4, -0.2) is 35.7 Å². The summed E-state index contributed by atoms with van der Waals surface area (Å²) in [5, 5.41) is 2.35. The third-order valence-electron chi connectivity index (χ3n) is 4.10. The monoisotopic (exact) mass is 425 g/mol. The third kappa shape index (κ3) is 18.9. The summed E-state index contributed by atoms with van der Waals surface area (Å²) in [6.45, 7) is 2.59. The van der Waals surface area contributed by atoms with Gasteiger partial charge in [-0.05, 0) is 45.8 Å². The molecule has 0 aromatic heterocycles. The molecule has 3 heteroatoms. The number of nitrogens with zero attached hydrogens (tertiary/aromatic N) is 1. The summed E-state index contributed by atoms with van der Waals surface area (Å²) in [6, 6.07) is 0. The van der Waals surface area contributed by atoms with E-state index >= 15 is 0 Å². The Labute approximate surface area is 150 Å². The standard InChI is InChI=1S/C18H37Br2N/c1-21(18-14-10-6-4-8-12-16-20)17-13-9-5-2-3-7-11-15-19/h2-18H2,1H3. The lowest BCUT2D eigenvalue weighted by Gasteiger charge is -2.16. The summed E-state index contributed by atoms with van der Waals surface area (Å²) in [6.07, 6.45) is 18.3. The molecular weight excluding hydrogens is 390 g/mol. The number of alkyl halides is 2. The minimum absolute atomic E-state index is 1.17. The molecule has 0 atom stereocenters. The second-order valence-corrected chi connectivity index (χ2v) is 7.86. The molecule has 0 aromatic rings. The first-order chi connectivity index (χ1) is 10.3. The number of halogens is 2. The van der Waals surface area contributed by atoms with Gasteiger partial charge in [0.25, 0.3) is 0 Å². The van der Waals surface area contributed by atoms with Gasteiger partial charge in [0.05, 0.1) is 0 Å². The fraction of sp³-hybridized carbons (Fsp3) is 1.00. The van der Waals surface area contributed by atoms with Crippen LogP contribution in [0.2, 0.25) is 0 Å². The molecule has 0 aliphatic carbocycles. The minimum Gasteiger partial charge on any atom is -0.306 e. The number of unbranched alkanes of at least 4 members (excludes halogenated alkanes) is 11. The molecule has 0 heterocycles. The van der Waals surface area contributed by atoms with Gasteiger partial charge in [-0.25, -0.2) is 0 Å². The maximum atomic E-state index is 3.49. The molecule has 0 aromatic carbocycles. The molecule has 0 aliphatic rings. The van der Waals surface area contributed by atoms with E-state index in [1.54, 1.807) is 0 Å². The van der Waals surface area contributed by atoms with E-state index in [0.717, 1.165) is 0 Å². The van der Waals surface area contributed by atoms with E-state index in [1.165, 1.54) is 107 Å². The fourth-order valence-corrected chi connectivity index (χ4v) is 3.45. The third-order valence-corrected chi connectivity index (χ3v) is 5.22. The highest BCUT2D eigenvalue weighted by molar-refractivity contribution is 9.09. The number of hydrogen-bond acceptors (Lipinski definition) is 1. The Morgan fingerprint density at radius 1 is 0.476 bits per heavy atom. The van der Waals surface area contributed by atoms with Crippen molar-refractivity contribution in [2.75, 3.05) is 30.8 Å². The molecule has 0 N–H and O–H groups in total. The van der Waals surface area contributed by atoms with E-state index in [9.17, 15) is 0 Å². The van der Waals surface area contributed by atoms with Crippen molar-refractivity contribution in [3.8, 4) is 0 Å². The van der Waals surface area contributed by atoms with Gasteiger partial charge in [-0.1, -0.05) is 89.6 Å². The Balaban J connectivity index is 3.11. The van der Waals surface area contributed by atoms with E-state index in [4.69, 9.17) is 0 Å². The van der Waals surface area contributed by atoms with Gasteiger partial charge in [0.15, 0.2) is 0 Å². The van der Waals surface area contributed by atoms with Crippen LogP contribution < -0.4 is 0 Å². The van der Waals surface area contributed by atoms with Crippen molar-refractivity contribution in [3.63, 3.8) is 0 Å². The van der Waals surface area contributed by atoms with Crippen LogP contribution in [0.4, 0.5) is 0 Å². The molecular formula is C18H37Br2N.